The fourth-order valence-corrected chi connectivity index (χ4v) is 2.49. The first kappa shape index (κ1) is 12.5. The lowest BCUT2D eigenvalue weighted by Crippen LogP contribution is -2.36. The fourth-order valence-electron chi connectivity index (χ4n) is 2.49. The molecule has 3 nitrogen and oxygen atoms in total. The molecule has 94 valence electrons. The van der Waals surface area contributed by atoms with Crippen LogP contribution in [0.2, 0.25) is 0 Å². The summed E-state index contributed by atoms with van der Waals surface area (Å²) in [6.07, 6.45) is 5.29. The average molecular weight is 234 g/mol. The molecular formula is C14H22N2O. The third-order valence-corrected chi connectivity index (χ3v) is 3.48. The van der Waals surface area contributed by atoms with Crippen molar-refractivity contribution in [2.75, 3.05) is 7.11 Å². The predicted octanol–water partition coefficient (Wildman–Crippen LogP) is 2.44. The van der Waals surface area contributed by atoms with E-state index in [2.05, 4.69) is 22.4 Å². The van der Waals surface area contributed by atoms with E-state index < -0.39 is 0 Å². The van der Waals surface area contributed by atoms with Crippen LogP contribution in [0, 0.1) is 6.92 Å². The third-order valence-electron chi connectivity index (χ3n) is 3.48. The second-order valence-corrected chi connectivity index (χ2v) is 4.87. The zero-order valence-electron chi connectivity index (χ0n) is 10.8. The maximum Gasteiger partial charge on any atom is 0.0586 e. The van der Waals surface area contributed by atoms with Gasteiger partial charge in [-0.1, -0.05) is 6.07 Å². The van der Waals surface area contributed by atoms with Gasteiger partial charge in [0.05, 0.1) is 11.8 Å². The number of nitrogens with zero attached hydrogens (tertiary/aromatic N) is 1. The molecule has 0 amide bonds. The van der Waals surface area contributed by atoms with Crippen LogP contribution in [0.25, 0.3) is 0 Å². The lowest BCUT2D eigenvalue weighted by atomic mass is 9.93. The SMILES string of the molecule is COC1CCCC(NCc2cccc(C)n2)C1. The van der Waals surface area contributed by atoms with E-state index in [9.17, 15) is 0 Å². The molecule has 2 atom stereocenters. The van der Waals surface area contributed by atoms with Gasteiger partial charge in [-0.25, -0.2) is 0 Å². The molecule has 0 aliphatic heterocycles. The highest BCUT2D eigenvalue weighted by Crippen LogP contribution is 2.20. The van der Waals surface area contributed by atoms with Crippen LogP contribution in [-0.4, -0.2) is 24.2 Å². The number of aryl methyl sites for hydroxylation is 1. The summed E-state index contributed by atoms with van der Waals surface area (Å²) in [6, 6.07) is 6.76. The summed E-state index contributed by atoms with van der Waals surface area (Å²) in [6.45, 7) is 2.90. The molecule has 1 aliphatic carbocycles. The van der Waals surface area contributed by atoms with E-state index in [0.29, 0.717) is 12.1 Å². The van der Waals surface area contributed by atoms with E-state index in [1.54, 1.807) is 0 Å². The lowest BCUT2D eigenvalue weighted by molar-refractivity contribution is 0.0585. The highest BCUT2D eigenvalue weighted by Gasteiger charge is 2.20. The van der Waals surface area contributed by atoms with E-state index in [-0.39, 0.29) is 0 Å². The predicted molar refractivity (Wildman–Crippen MR) is 68.9 cm³/mol. The van der Waals surface area contributed by atoms with Crippen molar-refractivity contribution < 1.29 is 4.74 Å². The Morgan fingerprint density at radius 1 is 1.41 bits per heavy atom. The largest absolute Gasteiger partial charge is 0.381 e. The van der Waals surface area contributed by atoms with Gasteiger partial charge in [0.15, 0.2) is 0 Å². The zero-order valence-corrected chi connectivity index (χ0v) is 10.8. The number of methoxy groups -OCH3 is 1. The summed E-state index contributed by atoms with van der Waals surface area (Å²) in [4.78, 5) is 4.50. The molecule has 0 radical (unpaired) electrons. The Morgan fingerprint density at radius 2 is 2.29 bits per heavy atom. The molecule has 0 bridgehead atoms. The van der Waals surface area contributed by atoms with Crippen molar-refractivity contribution in [1.29, 1.82) is 0 Å². The van der Waals surface area contributed by atoms with E-state index >= 15 is 0 Å². The standard InChI is InChI=1S/C14H22N2O/c1-11-5-3-7-13(16-11)10-15-12-6-4-8-14(9-12)17-2/h3,5,7,12,14-15H,4,6,8-10H2,1-2H3. The molecule has 0 aromatic carbocycles. The highest BCUT2D eigenvalue weighted by molar-refractivity contribution is 5.09. The first-order chi connectivity index (χ1) is 8.28. The Morgan fingerprint density at radius 3 is 3.06 bits per heavy atom. The zero-order chi connectivity index (χ0) is 12.1. The molecule has 1 aromatic heterocycles. The molecule has 1 fully saturated rings. The lowest BCUT2D eigenvalue weighted by Gasteiger charge is -2.28. The summed E-state index contributed by atoms with van der Waals surface area (Å²) < 4.78 is 5.44. The Balaban J connectivity index is 1.81. The summed E-state index contributed by atoms with van der Waals surface area (Å²) in [7, 11) is 1.81. The maximum atomic E-state index is 5.44. The number of hydrogen-bond acceptors (Lipinski definition) is 3. The maximum absolute atomic E-state index is 5.44. The molecule has 0 saturated heterocycles. The van der Waals surface area contributed by atoms with Gasteiger partial charge >= 0.3 is 0 Å². The van der Waals surface area contributed by atoms with Gasteiger partial charge in [-0.2, -0.15) is 0 Å². The van der Waals surface area contributed by atoms with Crippen molar-refractivity contribution >= 4 is 0 Å². The molecule has 1 saturated carbocycles. The van der Waals surface area contributed by atoms with Crippen LogP contribution in [0.4, 0.5) is 0 Å². The second kappa shape index (κ2) is 6.12. The third kappa shape index (κ3) is 3.79. The summed E-state index contributed by atoms with van der Waals surface area (Å²) >= 11 is 0. The van der Waals surface area contributed by atoms with E-state index in [0.717, 1.165) is 24.4 Å². The average Bonchev–Trinajstić information content (AvgIpc) is 2.37. The van der Waals surface area contributed by atoms with E-state index in [1.165, 1.54) is 19.3 Å². The van der Waals surface area contributed by atoms with E-state index in [4.69, 9.17) is 4.74 Å². The van der Waals surface area contributed by atoms with Crippen LogP contribution >= 0.6 is 0 Å². The van der Waals surface area contributed by atoms with Gasteiger partial charge in [0.2, 0.25) is 0 Å². The molecule has 1 heterocycles. The van der Waals surface area contributed by atoms with Crippen molar-refractivity contribution in [2.45, 2.75) is 51.3 Å². The van der Waals surface area contributed by atoms with Crippen LogP contribution in [0.1, 0.15) is 37.1 Å². The second-order valence-electron chi connectivity index (χ2n) is 4.87. The summed E-state index contributed by atoms with van der Waals surface area (Å²) in [5.41, 5.74) is 2.22. The van der Waals surface area contributed by atoms with Crippen molar-refractivity contribution in [3.8, 4) is 0 Å². The minimum absolute atomic E-state index is 0.437. The Kier molecular flexibility index (Phi) is 4.51. The van der Waals surface area contributed by atoms with Gasteiger partial charge in [0.1, 0.15) is 0 Å². The quantitative estimate of drug-likeness (QED) is 0.869. The Bertz CT molecular complexity index is 354. The van der Waals surface area contributed by atoms with Crippen LogP contribution in [0.3, 0.4) is 0 Å². The van der Waals surface area contributed by atoms with Gasteiger partial charge in [-0.05, 0) is 44.7 Å². The van der Waals surface area contributed by atoms with Crippen molar-refractivity contribution in [3.05, 3.63) is 29.6 Å². The van der Waals surface area contributed by atoms with Crippen LogP contribution in [-0.2, 0) is 11.3 Å². The molecular weight excluding hydrogens is 212 g/mol. The number of nitrogens with one attached hydrogen (secondary N) is 1. The topological polar surface area (TPSA) is 34.1 Å². The summed E-state index contributed by atoms with van der Waals surface area (Å²) in [5.74, 6) is 0. The van der Waals surface area contributed by atoms with Crippen molar-refractivity contribution in [2.24, 2.45) is 0 Å². The summed E-state index contributed by atoms with van der Waals surface area (Å²) in [5, 5.41) is 3.59. The fraction of sp³-hybridized carbons (Fsp3) is 0.643. The molecule has 0 spiro atoms. The van der Waals surface area contributed by atoms with Crippen molar-refractivity contribution in [1.82, 2.24) is 10.3 Å². The first-order valence-electron chi connectivity index (χ1n) is 6.46. The number of rotatable bonds is 4. The van der Waals surface area contributed by atoms with Crippen molar-refractivity contribution in [3.63, 3.8) is 0 Å². The van der Waals surface area contributed by atoms with Gasteiger partial charge < -0.3 is 10.1 Å². The number of ether oxygens (including phenoxy) is 1. The molecule has 3 heteroatoms. The monoisotopic (exact) mass is 234 g/mol. The Hall–Kier alpha value is -0.930. The van der Waals surface area contributed by atoms with Gasteiger partial charge in [-0.15, -0.1) is 0 Å². The normalized spacial score (nSPS) is 24.8. The highest BCUT2D eigenvalue weighted by atomic mass is 16.5. The number of pyridine rings is 1. The molecule has 17 heavy (non-hydrogen) atoms. The minimum atomic E-state index is 0.437. The first-order valence-corrected chi connectivity index (χ1v) is 6.46. The number of aromatic nitrogens is 1. The molecule has 2 rings (SSSR count). The molecule has 1 N–H and O–H groups in total. The van der Waals surface area contributed by atoms with Gasteiger partial charge in [0, 0.05) is 25.4 Å². The minimum Gasteiger partial charge on any atom is -0.381 e. The molecule has 1 aliphatic rings. The van der Waals surface area contributed by atoms with Gasteiger partial charge in [-0.3, -0.25) is 4.98 Å². The van der Waals surface area contributed by atoms with E-state index in [1.807, 2.05) is 20.1 Å². The smallest absolute Gasteiger partial charge is 0.0586 e. The van der Waals surface area contributed by atoms with Gasteiger partial charge in [0.25, 0.3) is 0 Å². The Labute approximate surface area is 104 Å². The molecule has 1 aromatic rings. The van der Waals surface area contributed by atoms with Crippen LogP contribution in [0.5, 0.6) is 0 Å². The van der Waals surface area contributed by atoms with Crippen LogP contribution in [0.15, 0.2) is 18.2 Å². The van der Waals surface area contributed by atoms with Crippen LogP contribution < -0.4 is 5.32 Å². The molecule has 2 unspecified atom stereocenters. The number of hydrogen-bond donors (Lipinski definition) is 1.